The highest BCUT2D eigenvalue weighted by atomic mass is 16.5. The first kappa shape index (κ1) is 26.2. The number of ether oxygens (including phenoxy) is 1. The summed E-state index contributed by atoms with van der Waals surface area (Å²) in [5, 5.41) is 12.8. The van der Waals surface area contributed by atoms with E-state index >= 15 is 0 Å². The van der Waals surface area contributed by atoms with Crippen LogP contribution < -0.4 is 10.2 Å². The number of rotatable bonds is 11. The Hall–Kier alpha value is -2.86. The SMILES string of the molecule is Cc1ccc(CC(=O)Nc2cc(C(CC(=O)O)C3CC3)ccc2N(CC(C)C)C2CCOCC2)cc1. The lowest BCUT2D eigenvalue weighted by Gasteiger charge is -2.38. The monoisotopic (exact) mass is 492 g/mol. The van der Waals surface area contributed by atoms with Gasteiger partial charge >= 0.3 is 5.97 Å². The van der Waals surface area contributed by atoms with Gasteiger partial charge in [0.15, 0.2) is 0 Å². The Balaban J connectivity index is 1.67. The summed E-state index contributed by atoms with van der Waals surface area (Å²) in [5.74, 6) is 0.00520. The molecule has 0 bridgehead atoms. The molecule has 0 aromatic heterocycles. The van der Waals surface area contributed by atoms with Crippen molar-refractivity contribution in [3.05, 3.63) is 59.2 Å². The zero-order valence-electron chi connectivity index (χ0n) is 21.8. The fourth-order valence-electron chi connectivity index (χ4n) is 5.30. The van der Waals surface area contributed by atoms with Gasteiger partial charge in [-0.3, -0.25) is 9.59 Å². The van der Waals surface area contributed by atoms with Gasteiger partial charge < -0.3 is 20.1 Å². The largest absolute Gasteiger partial charge is 0.481 e. The van der Waals surface area contributed by atoms with Gasteiger partial charge in [-0.25, -0.2) is 0 Å². The Morgan fingerprint density at radius 1 is 1.06 bits per heavy atom. The van der Waals surface area contributed by atoms with Crippen LogP contribution in [0.15, 0.2) is 42.5 Å². The average Bonchev–Trinajstić information content (AvgIpc) is 3.68. The van der Waals surface area contributed by atoms with Crippen molar-refractivity contribution >= 4 is 23.3 Å². The number of nitrogens with zero attached hydrogens (tertiary/aromatic N) is 1. The van der Waals surface area contributed by atoms with Crippen molar-refractivity contribution in [3.8, 4) is 0 Å². The van der Waals surface area contributed by atoms with Gasteiger partial charge in [0.25, 0.3) is 0 Å². The number of aryl methyl sites for hydroxylation is 1. The second-order valence-corrected chi connectivity index (χ2v) is 10.9. The number of aliphatic carboxylic acids is 1. The van der Waals surface area contributed by atoms with Crippen LogP contribution in [0.25, 0.3) is 0 Å². The molecule has 2 aromatic rings. The summed E-state index contributed by atoms with van der Waals surface area (Å²) in [6.45, 7) is 8.84. The van der Waals surface area contributed by atoms with Crippen molar-refractivity contribution in [2.75, 3.05) is 30.0 Å². The topological polar surface area (TPSA) is 78.9 Å². The Kier molecular flexibility index (Phi) is 8.68. The van der Waals surface area contributed by atoms with Crippen LogP contribution in [0.4, 0.5) is 11.4 Å². The third kappa shape index (κ3) is 7.10. The highest BCUT2D eigenvalue weighted by Gasteiger charge is 2.34. The Labute approximate surface area is 215 Å². The van der Waals surface area contributed by atoms with E-state index in [0.29, 0.717) is 24.3 Å². The summed E-state index contributed by atoms with van der Waals surface area (Å²) in [7, 11) is 0. The summed E-state index contributed by atoms with van der Waals surface area (Å²) < 4.78 is 5.63. The van der Waals surface area contributed by atoms with E-state index in [0.717, 1.165) is 67.9 Å². The molecule has 6 heteroatoms. The first-order valence-electron chi connectivity index (χ1n) is 13.4. The first-order valence-corrected chi connectivity index (χ1v) is 13.4. The van der Waals surface area contributed by atoms with E-state index < -0.39 is 5.97 Å². The highest BCUT2D eigenvalue weighted by Crippen LogP contribution is 2.46. The molecular weight excluding hydrogens is 452 g/mol. The van der Waals surface area contributed by atoms with Crippen molar-refractivity contribution in [2.24, 2.45) is 11.8 Å². The zero-order chi connectivity index (χ0) is 25.7. The Morgan fingerprint density at radius 2 is 1.75 bits per heavy atom. The first-order chi connectivity index (χ1) is 17.3. The van der Waals surface area contributed by atoms with Gasteiger partial charge in [-0.05, 0) is 73.6 Å². The molecule has 0 spiro atoms. The molecule has 194 valence electrons. The lowest BCUT2D eigenvalue weighted by Crippen LogP contribution is -2.42. The standard InChI is InChI=1S/C30H40N2O4/c1-20(2)19-32(25-12-14-36-15-13-25)28-11-10-24(26(18-30(34)35)23-8-9-23)17-27(28)31-29(33)16-22-6-4-21(3)5-7-22/h4-7,10-11,17,20,23,25-26H,8-9,12-16,18-19H2,1-3H3,(H,31,33)(H,34,35). The van der Waals surface area contributed by atoms with Crippen molar-refractivity contribution in [1.82, 2.24) is 0 Å². The molecular formula is C30H40N2O4. The van der Waals surface area contributed by atoms with E-state index in [2.05, 4.69) is 36.2 Å². The summed E-state index contributed by atoms with van der Waals surface area (Å²) >= 11 is 0. The smallest absolute Gasteiger partial charge is 0.303 e. The van der Waals surface area contributed by atoms with Crippen LogP contribution in [0, 0.1) is 18.8 Å². The summed E-state index contributed by atoms with van der Waals surface area (Å²) in [6, 6.07) is 14.6. The van der Waals surface area contributed by atoms with Gasteiger partial charge in [0.2, 0.25) is 5.91 Å². The molecule has 1 saturated carbocycles. The molecule has 2 aromatic carbocycles. The molecule has 1 aliphatic heterocycles. The van der Waals surface area contributed by atoms with E-state index in [1.165, 1.54) is 5.56 Å². The van der Waals surface area contributed by atoms with E-state index in [1.54, 1.807) is 0 Å². The van der Waals surface area contributed by atoms with E-state index in [4.69, 9.17) is 4.74 Å². The van der Waals surface area contributed by atoms with Gasteiger partial charge in [0, 0.05) is 25.8 Å². The maximum Gasteiger partial charge on any atom is 0.303 e. The van der Waals surface area contributed by atoms with Gasteiger partial charge in [0.1, 0.15) is 0 Å². The molecule has 1 atom stereocenters. The molecule has 2 N–H and O–H groups in total. The number of carboxylic acids is 1. The predicted octanol–water partition coefficient (Wildman–Crippen LogP) is 5.79. The van der Waals surface area contributed by atoms with Gasteiger partial charge in [-0.1, -0.05) is 49.7 Å². The van der Waals surface area contributed by atoms with Crippen molar-refractivity contribution in [3.63, 3.8) is 0 Å². The van der Waals surface area contributed by atoms with Crippen LogP contribution >= 0.6 is 0 Å². The molecule has 2 fully saturated rings. The van der Waals surface area contributed by atoms with Gasteiger partial charge in [0.05, 0.1) is 24.2 Å². The molecule has 0 radical (unpaired) electrons. The second kappa shape index (κ2) is 11.9. The third-order valence-corrected chi connectivity index (χ3v) is 7.30. The Morgan fingerprint density at radius 3 is 2.36 bits per heavy atom. The van der Waals surface area contributed by atoms with Crippen LogP contribution in [0.2, 0.25) is 0 Å². The highest BCUT2D eigenvalue weighted by molar-refractivity contribution is 5.96. The molecule has 1 unspecified atom stereocenters. The van der Waals surface area contributed by atoms with Gasteiger partial charge in [-0.15, -0.1) is 0 Å². The fraction of sp³-hybridized carbons (Fsp3) is 0.533. The van der Waals surface area contributed by atoms with Crippen LogP contribution in [0.5, 0.6) is 0 Å². The molecule has 2 aliphatic rings. The van der Waals surface area contributed by atoms with E-state index in [-0.39, 0.29) is 18.2 Å². The molecule has 4 rings (SSSR count). The second-order valence-electron chi connectivity index (χ2n) is 10.9. The predicted molar refractivity (Wildman–Crippen MR) is 144 cm³/mol. The number of carbonyl (C=O) groups excluding carboxylic acids is 1. The molecule has 1 aliphatic carbocycles. The number of nitrogens with one attached hydrogen (secondary N) is 1. The van der Waals surface area contributed by atoms with Crippen LogP contribution in [0.3, 0.4) is 0 Å². The molecule has 1 heterocycles. The number of carboxylic acid groups (broad SMARTS) is 1. The normalized spacial score (nSPS) is 17.1. The number of hydrogen-bond donors (Lipinski definition) is 2. The molecule has 36 heavy (non-hydrogen) atoms. The van der Waals surface area contributed by atoms with Crippen LogP contribution in [0.1, 0.15) is 68.6 Å². The summed E-state index contributed by atoms with van der Waals surface area (Å²) in [6.07, 6.45) is 4.46. The maximum atomic E-state index is 13.2. The minimum atomic E-state index is -0.774. The number of amides is 1. The summed E-state index contributed by atoms with van der Waals surface area (Å²) in [5.41, 5.74) is 4.94. The van der Waals surface area contributed by atoms with Crippen LogP contribution in [-0.2, 0) is 20.7 Å². The Bertz CT molecular complexity index is 1040. The maximum absolute atomic E-state index is 13.2. The lowest BCUT2D eigenvalue weighted by molar-refractivity contribution is -0.137. The molecule has 1 saturated heterocycles. The van der Waals surface area contributed by atoms with E-state index in [9.17, 15) is 14.7 Å². The van der Waals surface area contributed by atoms with Crippen molar-refractivity contribution in [1.29, 1.82) is 0 Å². The molecule has 1 amide bonds. The minimum absolute atomic E-state index is 0.0223. The number of anilines is 2. The van der Waals surface area contributed by atoms with Gasteiger partial charge in [-0.2, -0.15) is 0 Å². The lowest BCUT2D eigenvalue weighted by atomic mass is 9.90. The zero-order valence-corrected chi connectivity index (χ0v) is 21.8. The van der Waals surface area contributed by atoms with Crippen LogP contribution in [-0.4, -0.2) is 42.8 Å². The minimum Gasteiger partial charge on any atom is -0.481 e. The van der Waals surface area contributed by atoms with E-state index in [1.807, 2.05) is 37.3 Å². The molecule has 6 nitrogen and oxygen atoms in total. The fourth-order valence-corrected chi connectivity index (χ4v) is 5.30. The summed E-state index contributed by atoms with van der Waals surface area (Å²) in [4.78, 5) is 27.3. The number of hydrogen-bond acceptors (Lipinski definition) is 4. The number of benzene rings is 2. The average molecular weight is 493 g/mol. The number of carbonyl (C=O) groups is 2. The van der Waals surface area contributed by atoms with Crippen molar-refractivity contribution in [2.45, 2.75) is 71.3 Å². The van der Waals surface area contributed by atoms with Crippen molar-refractivity contribution < 1.29 is 19.4 Å². The third-order valence-electron chi connectivity index (χ3n) is 7.30. The quantitative estimate of drug-likeness (QED) is 0.415.